The molecule has 2 aromatic carbocycles. The van der Waals surface area contributed by atoms with Gasteiger partial charge in [0.25, 0.3) is 0 Å². The Bertz CT molecular complexity index is 916. The molecule has 1 unspecified atom stereocenters. The Labute approximate surface area is 180 Å². The number of rotatable bonds is 12. The van der Waals surface area contributed by atoms with Crippen molar-refractivity contribution in [2.24, 2.45) is 0 Å². The molecule has 0 fully saturated rings. The van der Waals surface area contributed by atoms with E-state index in [0.717, 1.165) is 6.21 Å². The van der Waals surface area contributed by atoms with Crippen molar-refractivity contribution in [3.63, 3.8) is 0 Å². The molecule has 9 nitrogen and oxygen atoms in total. The van der Waals surface area contributed by atoms with Crippen molar-refractivity contribution in [3.8, 4) is 11.5 Å². The summed E-state index contributed by atoms with van der Waals surface area (Å²) < 4.78 is 30.0. The summed E-state index contributed by atoms with van der Waals surface area (Å²) in [5.41, 5.74) is 8.50. The number of ketones is 1. The van der Waals surface area contributed by atoms with Gasteiger partial charge in [0.05, 0.1) is 6.10 Å². The van der Waals surface area contributed by atoms with Crippen molar-refractivity contribution in [2.45, 2.75) is 38.8 Å². The van der Waals surface area contributed by atoms with Crippen molar-refractivity contribution in [1.29, 1.82) is 0 Å². The van der Waals surface area contributed by atoms with E-state index in [2.05, 4.69) is 9.88 Å². The summed E-state index contributed by atoms with van der Waals surface area (Å²) in [5.74, 6) is -0.728. The molecular weight excluding hydrogens is 421 g/mol. The standard InChI is InChI=1S/C21H24N3O6P/c1-16(2)28-21(26)20(14-13-17(25)15-23-22)24-31(27,29-18-9-5-3-6-10-18)30-19-11-7-4-8-12-19/h3-12,15-16,20H,13-14H2,1-2H3,(H,24,27). The molecule has 0 saturated carbocycles. The number of nitrogens with zero attached hydrogens (tertiary/aromatic N) is 2. The maximum absolute atomic E-state index is 13.6. The molecule has 0 bridgehead atoms. The summed E-state index contributed by atoms with van der Waals surface area (Å²) in [6, 6.07) is 15.5. The molecule has 0 saturated heterocycles. The Kier molecular flexibility index (Phi) is 9.15. The average Bonchev–Trinajstić information content (AvgIpc) is 2.72. The van der Waals surface area contributed by atoms with E-state index in [9.17, 15) is 14.2 Å². The number of ether oxygens (including phenoxy) is 1. The smallest absolute Gasteiger partial charge is 0.462 e. The van der Waals surface area contributed by atoms with Crippen LogP contribution in [0.25, 0.3) is 5.53 Å². The first-order chi connectivity index (χ1) is 14.8. The van der Waals surface area contributed by atoms with Crippen LogP contribution in [0.4, 0.5) is 0 Å². The van der Waals surface area contributed by atoms with Gasteiger partial charge in [-0.15, -0.1) is 0 Å². The fraction of sp³-hybridized carbons (Fsp3) is 0.286. The molecule has 1 atom stereocenters. The number of benzene rings is 2. The molecule has 0 aliphatic heterocycles. The molecular formula is C21H24N3O6P. The van der Waals surface area contributed by atoms with Crippen molar-refractivity contribution in [3.05, 3.63) is 66.2 Å². The highest BCUT2D eigenvalue weighted by molar-refractivity contribution is 7.52. The quantitative estimate of drug-likeness (QED) is 0.173. The van der Waals surface area contributed by atoms with Gasteiger partial charge >= 0.3 is 19.9 Å². The second-order valence-corrected chi connectivity index (χ2v) is 8.34. The van der Waals surface area contributed by atoms with E-state index in [1.54, 1.807) is 74.5 Å². The summed E-state index contributed by atoms with van der Waals surface area (Å²) in [4.78, 5) is 27.0. The van der Waals surface area contributed by atoms with Gasteiger partial charge in [0.1, 0.15) is 17.5 Å². The molecule has 1 N–H and O–H groups in total. The van der Waals surface area contributed by atoms with E-state index >= 15 is 0 Å². The normalized spacial score (nSPS) is 11.8. The second kappa shape index (κ2) is 11.8. The van der Waals surface area contributed by atoms with Gasteiger partial charge in [-0.05, 0) is 44.5 Å². The molecule has 0 aliphatic carbocycles. The highest BCUT2D eigenvalue weighted by Gasteiger charge is 2.36. The van der Waals surface area contributed by atoms with Crippen molar-refractivity contribution in [1.82, 2.24) is 5.09 Å². The minimum absolute atomic E-state index is 0.0866. The summed E-state index contributed by atoms with van der Waals surface area (Å²) in [6.45, 7) is 3.33. The van der Waals surface area contributed by atoms with E-state index in [1.165, 1.54) is 0 Å². The molecule has 0 aliphatic rings. The van der Waals surface area contributed by atoms with Gasteiger partial charge in [-0.3, -0.25) is 9.59 Å². The Morgan fingerprint density at radius 3 is 2.00 bits per heavy atom. The van der Waals surface area contributed by atoms with Crippen molar-refractivity contribution in [2.75, 3.05) is 0 Å². The van der Waals surface area contributed by atoms with Crippen LogP contribution in [0, 0.1) is 0 Å². The summed E-state index contributed by atoms with van der Waals surface area (Å²) in [6.07, 6.45) is 0.0455. The lowest BCUT2D eigenvalue weighted by Gasteiger charge is -2.25. The SMILES string of the molecule is CC(C)OC(=O)C(CCC(=O)C=[N+]=[N-])NP(=O)(Oc1ccccc1)Oc1ccccc1. The Morgan fingerprint density at radius 2 is 1.55 bits per heavy atom. The summed E-state index contributed by atoms with van der Waals surface area (Å²) >= 11 is 0. The number of nitrogens with one attached hydrogen (secondary N) is 1. The topological polar surface area (TPSA) is 127 Å². The van der Waals surface area contributed by atoms with Crippen LogP contribution in [0.5, 0.6) is 11.5 Å². The van der Waals surface area contributed by atoms with Crippen LogP contribution >= 0.6 is 7.75 Å². The zero-order valence-electron chi connectivity index (χ0n) is 17.2. The predicted octanol–water partition coefficient (Wildman–Crippen LogP) is 3.81. The summed E-state index contributed by atoms with van der Waals surface area (Å²) in [5, 5.41) is 2.61. The molecule has 31 heavy (non-hydrogen) atoms. The van der Waals surface area contributed by atoms with Crippen LogP contribution in [-0.4, -0.2) is 34.9 Å². The van der Waals surface area contributed by atoms with E-state index in [1.807, 2.05) is 0 Å². The lowest BCUT2D eigenvalue weighted by Crippen LogP contribution is -2.39. The van der Waals surface area contributed by atoms with Crippen LogP contribution in [0.3, 0.4) is 0 Å². The molecule has 10 heteroatoms. The van der Waals surface area contributed by atoms with Gasteiger partial charge in [-0.2, -0.15) is 9.88 Å². The first-order valence-electron chi connectivity index (χ1n) is 9.59. The minimum atomic E-state index is -4.14. The number of para-hydroxylation sites is 2. The number of hydrogen-bond acceptors (Lipinski definition) is 6. The number of hydrogen-bond donors (Lipinski definition) is 1. The zero-order valence-corrected chi connectivity index (χ0v) is 18.1. The van der Waals surface area contributed by atoms with Gasteiger partial charge in [0, 0.05) is 6.42 Å². The lowest BCUT2D eigenvalue weighted by molar-refractivity contribution is -0.149. The first kappa shape index (κ1) is 24.0. The van der Waals surface area contributed by atoms with Crippen molar-refractivity contribution < 1.29 is 32.7 Å². The Balaban J connectivity index is 2.30. The molecule has 0 radical (unpaired) electrons. The molecule has 0 aromatic heterocycles. The van der Waals surface area contributed by atoms with Gasteiger partial charge in [-0.1, -0.05) is 36.4 Å². The van der Waals surface area contributed by atoms with Crippen molar-refractivity contribution >= 4 is 25.7 Å². The maximum atomic E-state index is 13.6. The summed E-state index contributed by atoms with van der Waals surface area (Å²) in [7, 11) is -4.14. The first-order valence-corrected chi connectivity index (χ1v) is 11.1. The molecule has 0 heterocycles. The lowest BCUT2D eigenvalue weighted by atomic mass is 10.1. The largest absolute Gasteiger partial charge is 0.513 e. The number of esters is 1. The fourth-order valence-corrected chi connectivity index (χ4v) is 4.02. The third kappa shape index (κ3) is 8.56. The van der Waals surface area contributed by atoms with Gasteiger partial charge in [0.2, 0.25) is 5.78 Å². The van der Waals surface area contributed by atoms with E-state index in [4.69, 9.17) is 19.3 Å². The molecule has 164 valence electrons. The average molecular weight is 445 g/mol. The van der Waals surface area contributed by atoms with E-state index < -0.39 is 31.6 Å². The number of carbonyl (C=O) groups is 2. The van der Waals surface area contributed by atoms with Crippen LogP contribution < -0.4 is 14.1 Å². The van der Waals surface area contributed by atoms with Gasteiger partial charge in [0.15, 0.2) is 0 Å². The third-order valence-electron chi connectivity index (χ3n) is 3.77. The van der Waals surface area contributed by atoms with Gasteiger partial charge in [-0.25, -0.2) is 4.57 Å². The fourth-order valence-electron chi connectivity index (χ4n) is 2.47. The predicted molar refractivity (Wildman–Crippen MR) is 114 cm³/mol. The monoisotopic (exact) mass is 445 g/mol. The third-order valence-corrected chi connectivity index (χ3v) is 5.30. The van der Waals surface area contributed by atoms with Crippen LogP contribution in [0.1, 0.15) is 26.7 Å². The van der Waals surface area contributed by atoms with Crippen LogP contribution in [-0.2, 0) is 18.9 Å². The number of Topliss-reactive ketones (excluding diaryl/α,β-unsaturated/α-hetero) is 1. The van der Waals surface area contributed by atoms with E-state index in [-0.39, 0.29) is 24.3 Å². The highest BCUT2D eigenvalue weighted by Crippen LogP contribution is 2.45. The highest BCUT2D eigenvalue weighted by atomic mass is 31.2. The molecule has 0 amide bonds. The zero-order chi connectivity index (χ0) is 22.7. The Morgan fingerprint density at radius 1 is 1.03 bits per heavy atom. The minimum Gasteiger partial charge on any atom is -0.462 e. The Hall–Kier alpha value is -3.25. The second-order valence-electron chi connectivity index (χ2n) is 6.72. The molecule has 2 rings (SSSR count). The van der Waals surface area contributed by atoms with Crippen LogP contribution in [0.2, 0.25) is 0 Å². The number of carbonyl (C=O) groups excluding carboxylic acids is 2. The van der Waals surface area contributed by atoms with Gasteiger partial charge < -0.3 is 19.3 Å². The van der Waals surface area contributed by atoms with Crippen LogP contribution in [0.15, 0.2) is 60.7 Å². The molecule has 2 aromatic rings. The maximum Gasteiger partial charge on any atom is 0.513 e. The van der Waals surface area contributed by atoms with E-state index in [0.29, 0.717) is 0 Å². The molecule has 0 spiro atoms.